The molecule has 25 heavy (non-hydrogen) atoms. The number of hydrogen-bond acceptors (Lipinski definition) is 3. The molecule has 0 aromatic rings. The quantitative estimate of drug-likeness (QED) is 0.487. The summed E-state index contributed by atoms with van der Waals surface area (Å²) >= 11 is 0. The number of hydrogen-bond donors (Lipinski definition) is 2. The molecule has 148 valence electrons. The summed E-state index contributed by atoms with van der Waals surface area (Å²) in [6.07, 6.45) is -2.45. The average Bonchev–Trinajstić information content (AvgIpc) is 2.91. The minimum Gasteiger partial charge on any atom is -0.378 e. The van der Waals surface area contributed by atoms with Crippen molar-refractivity contribution in [1.82, 2.24) is 15.5 Å². The van der Waals surface area contributed by atoms with E-state index in [1.807, 2.05) is 13.8 Å². The van der Waals surface area contributed by atoms with Gasteiger partial charge < -0.3 is 15.4 Å². The molecule has 0 aromatic carbocycles. The van der Waals surface area contributed by atoms with Crippen molar-refractivity contribution in [2.45, 2.75) is 58.9 Å². The van der Waals surface area contributed by atoms with Crippen LogP contribution in [0.2, 0.25) is 0 Å². The lowest BCUT2D eigenvalue weighted by Gasteiger charge is -2.21. The van der Waals surface area contributed by atoms with Crippen molar-refractivity contribution in [2.24, 2.45) is 10.9 Å². The summed E-state index contributed by atoms with van der Waals surface area (Å²) in [5, 5.41) is 6.42. The minimum absolute atomic E-state index is 0.00654. The standard InChI is InChI=1S/C17H33F3N4O/c1-5-21-16(22-9-7-15(13(3)4)25-6-2)23-14-8-10-24(11-14)12-17(18,19)20/h13-15H,5-12H2,1-4H3,(H2,21,22,23). The molecule has 2 unspecified atom stereocenters. The van der Waals surface area contributed by atoms with Gasteiger partial charge >= 0.3 is 6.18 Å². The fourth-order valence-electron chi connectivity index (χ4n) is 2.99. The van der Waals surface area contributed by atoms with Crippen LogP contribution in [0.1, 0.15) is 40.5 Å². The maximum atomic E-state index is 12.5. The van der Waals surface area contributed by atoms with E-state index >= 15 is 0 Å². The molecule has 0 aliphatic carbocycles. The van der Waals surface area contributed by atoms with E-state index in [0.717, 1.165) is 6.42 Å². The Kier molecular flexibility index (Phi) is 9.56. The second kappa shape index (κ2) is 10.9. The van der Waals surface area contributed by atoms with Crippen LogP contribution in [0.15, 0.2) is 4.99 Å². The Morgan fingerprint density at radius 2 is 2.04 bits per heavy atom. The van der Waals surface area contributed by atoms with Crippen molar-refractivity contribution >= 4 is 5.96 Å². The topological polar surface area (TPSA) is 48.9 Å². The molecule has 1 aliphatic heterocycles. The van der Waals surface area contributed by atoms with Crippen LogP contribution in [0.3, 0.4) is 0 Å². The molecule has 1 rings (SSSR count). The normalized spacial score (nSPS) is 21.0. The highest BCUT2D eigenvalue weighted by atomic mass is 19.4. The third-order valence-electron chi connectivity index (χ3n) is 4.17. The van der Waals surface area contributed by atoms with E-state index in [0.29, 0.717) is 51.1 Å². The number of nitrogens with one attached hydrogen (secondary N) is 2. The monoisotopic (exact) mass is 366 g/mol. The fourth-order valence-corrected chi connectivity index (χ4v) is 2.99. The Morgan fingerprint density at radius 3 is 2.60 bits per heavy atom. The number of aliphatic imine (C=N–C) groups is 1. The summed E-state index contributed by atoms with van der Waals surface area (Å²) < 4.78 is 43.1. The molecular weight excluding hydrogens is 333 g/mol. The van der Waals surface area contributed by atoms with Gasteiger partial charge in [-0.05, 0) is 32.6 Å². The van der Waals surface area contributed by atoms with Gasteiger partial charge in [-0.1, -0.05) is 13.8 Å². The van der Waals surface area contributed by atoms with Crippen molar-refractivity contribution in [3.8, 4) is 0 Å². The van der Waals surface area contributed by atoms with Crippen molar-refractivity contribution in [2.75, 3.05) is 39.3 Å². The average molecular weight is 366 g/mol. The Bertz CT molecular complexity index is 402. The van der Waals surface area contributed by atoms with Crippen LogP contribution in [-0.2, 0) is 4.74 Å². The van der Waals surface area contributed by atoms with E-state index in [9.17, 15) is 13.2 Å². The lowest BCUT2D eigenvalue weighted by Crippen LogP contribution is -2.45. The maximum Gasteiger partial charge on any atom is 0.401 e. The number of nitrogens with zero attached hydrogens (tertiary/aromatic N) is 2. The molecule has 8 heteroatoms. The second-order valence-corrected chi connectivity index (χ2v) is 6.77. The highest BCUT2D eigenvalue weighted by molar-refractivity contribution is 5.80. The lowest BCUT2D eigenvalue weighted by atomic mass is 10.0. The first kappa shape index (κ1) is 22.0. The lowest BCUT2D eigenvalue weighted by molar-refractivity contribution is -0.143. The molecule has 0 amide bonds. The van der Waals surface area contributed by atoms with Crippen molar-refractivity contribution in [1.29, 1.82) is 0 Å². The van der Waals surface area contributed by atoms with Crippen LogP contribution < -0.4 is 10.6 Å². The van der Waals surface area contributed by atoms with Gasteiger partial charge in [-0.25, -0.2) is 0 Å². The number of alkyl halides is 3. The number of halogens is 3. The number of guanidine groups is 1. The summed E-state index contributed by atoms with van der Waals surface area (Å²) in [6, 6.07) is -0.00654. The molecule has 5 nitrogen and oxygen atoms in total. The third kappa shape index (κ3) is 9.30. The molecule has 2 N–H and O–H groups in total. The van der Waals surface area contributed by atoms with E-state index < -0.39 is 12.7 Å². The fraction of sp³-hybridized carbons (Fsp3) is 0.941. The van der Waals surface area contributed by atoms with Crippen molar-refractivity contribution in [3.05, 3.63) is 0 Å². The first-order valence-corrected chi connectivity index (χ1v) is 9.20. The van der Waals surface area contributed by atoms with Gasteiger partial charge in [-0.3, -0.25) is 9.89 Å². The molecule has 1 aliphatic rings. The van der Waals surface area contributed by atoms with Gasteiger partial charge in [0.05, 0.1) is 12.6 Å². The molecule has 2 atom stereocenters. The summed E-state index contributed by atoms with van der Waals surface area (Å²) in [6.45, 7) is 10.2. The predicted molar refractivity (Wildman–Crippen MR) is 94.9 cm³/mol. The first-order valence-electron chi connectivity index (χ1n) is 9.20. The van der Waals surface area contributed by atoms with E-state index in [4.69, 9.17) is 4.74 Å². The third-order valence-corrected chi connectivity index (χ3v) is 4.17. The predicted octanol–water partition coefficient (Wildman–Crippen LogP) is 2.63. The Labute approximate surface area is 149 Å². The number of likely N-dealkylation sites (tertiary alicyclic amines) is 1. The van der Waals surface area contributed by atoms with Gasteiger partial charge in [0.25, 0.3) is 0 Å². The zero-order valence-electron chi connectivity index (χ0n) is 15.8. The Balaban J connectivity index is 2.48. The van der Waals surface area contributed by atoms with E-state index in [-0.39, 0.29) is 12.1 Å². The second-order valence-electron chi connectivity index (χ2n) is 6.77. The molecule has 0 bridgehead atoms. The molecule has 0 aromatic heterocycles. The van der Waals surface area contributed by atoms with E-state index in [2.05, 4.69) is 29.5 Å². The zero-order chi connectivity index (χ0) is 18.9. The molecular formula is C17H33F3N4O. The van der Waals surface area contributed by atoms with Gasteiger partial charge in [0.1, 0.15) is 0 Å². The van der Waals surface area contributed by atoms with E-state index in [1.165, 1.54) is 4.90 Å². The van der Waals surface area contributed by atoms with Crippen LogP contribution in [0.5, 0.6) is 0 Å². The Hall–Kier alpha value is -1.02. The van der Waals surface area contributed by atoms with Crippen LogP contribution in [0.4, 0.5) is 13.2 Å². The first-order chi connectivity index (χ1) is 11.7. The molecule has 0 spiro atoms. The van der Waals surface area contributed by atoms with Gasteiger partial charge in [0.2, 0.25) is 0 Å². The molecule has 1 saturated heterocycles. The molecule has 1 heterocycles. The SMILES string of the molecule is CCNC(=NCCC(OCC)C(C)C)NC1CCN(CC(F)(F)F)C1. The van der Waals surface area contributed by atoms with Crippen LogP contribution >= 0.6 is 0 Å². The van der Waals surface area contributed by atoms with Crippen LogP contribution in [-0.4, -0.2) is 68.5 Å². The van der Waals surface area contributed by atoms with Crippen LogP contribution in [0.25, 0.3) is 0 Å². The van der Waals surface area contributed by atoms with Gasteiger partial charge in [0.15, 0.2) is 5.96 Å². The summed E-state index contributed by atoms with van der Waals surface area (Å²) in [4.78, 5) is 5.99. The summed E-state index contributed by atoms with van der Waals surface area (Å²) in [5.41, 5.74) is 0. The molecule has 0 saturated carbocycles. The minimum atomic E-state index is -4.14. The van der Waals surface area contributed by atoms with Crippen molar-refractivity contribution < 1.29 is 17.9 Å². The molecule has 1 fully saturated rings. The highest BCUT2D eigenvalue weighted by Crippen LogP contribution is 2.20. The maximum absolute atomic E-state index is 12.5. The summed E-state index contributed by atoms with van der Waals surface area (Å²) in [7, 11) is 0. The summed E-state index contributed by atoms with van der Waals surface area (Å²) in [5.74, 6) is 1.09. The number of rotatable bonds is 9. The van der Waals surface area contributed by atoms with Crippen LogP contribution in [0, 0.1) is 5.92 Å². The van der Waals surface area contributed by atoms with Gasteiger partial charge in [-0.2, -0.15) is 13.2 Å². The van der Waals surface area contributed by atoms with Gasteiger partial charge in [-0.15, -0.1) is 0 Å². The molecule has 0 radical (unpaired) electrons. The highest BCUT2D eigenvalue weighted by Gasteiger charge is 2.34. The van der Waals surface area contributed by atoms with E-state index in [1.54, 1.807) is 0 Å². The van der Waals surface area contributed by atoms with Gasteiger partial charge in [0, 0.05) is 38.8 Å². The zero-order valence-corrected chi connectivity index (χ0v) is 15.8. The largest absolute Gasteiger partial charge is 0.401 e. The van der Waals surface area contributed by atoms with Crippen molar-refractivity contribution in [3.63, 3.8) is 0 Å². The smallest absolute Gasteiger partial charge is 0.378 e. The number of ether oxygens (including phenoxy) is 1. The Morgan fingerprint density at radius 1 is 1.32 bits per heavy atom.